The monoisotopic (exact) mass is 244 g/mol. The van der Waals surface area contributed by atoms with E-state index >= 15 is 0 Å². The predicted molar refractivity (Wildman–Crippen MR) is 74.3 cm³/mol. The Labute approximate surface area is 111 Å². The molecule has 1 aromatic heterocycles. The van der Waals surface area contributed by atoms with Gasteiger partial charge in [-0.1, -0.05) is 45.4 Å². The van der Waals surface area contributed by atoms with Crippen molar-refractivity contribution in [2.24, 2.45) is 5.92 Å². The minimum Gasteiger partial charge on any atom is -0.337 e. The summed E-state index contributed by atoms with van der Waals surface area (Å²) in [6.07, 6.45) is 10.5. The number of hydrogen-bond acceptors (Lipinski definition) is 1. The third-order valence-corrected chi connectivity index (χ3v) is 4.14. The maximum absolute atomic E-state index is 9.17. The Morgan fingerprint density at radius 1 is 1.28 bits per heavy atom. The van der Waals surface area contributed by atoms with Gasteiger partial charge in [0.15, 0.2) is 0 Å². The molecule has 98 valence electrons. The topological polar surface area (TPSA) is 28.7 Å². The van der Waals surface area contributed by atoms with Gasteiger partial charge < -0.3 is 4.57 Å². The van der Waals surface area contributed by atoms with Crippen molar-refractivity contribution in [1.29, 1.82) is 5.26 Å². The first-order valence-corrected chi connectivity index (χ1v) is 7.43. The molecule has 1 heterocycles. The summed E-state index contributed by atoms with van der Waals surface area (Å²) in [5.41, 5.74) is 2.22. The Bertz CT molecular complexity index is 405. The smallest absolute Gasteiger partial charge is 0.120 e. The highest BCUT2D eigenvalue weighted by atomic mass is 15.0. The van der Waals surface area contributed by atoms with Crippen molar-refractivity contribution < 1.29 is 0 Å². The second kappa shape index (κ2) is 6.64. The third kappa shape index (κ3) is 3.16. The number of hydrogen-bond donors (Lipinski definition) is 0. The van der Waals surface area contributed by atoms with E-state index in [2.05, 4.69) is 23.6 Å². The van der Waals surface area contributed by atoms with E-state index in [0.29, 0.717) is 0 Å². The highest BCUT2D eigenvalue weighted by molar-refractivity contribution is 5.27. The fourth-order valence-corrected chi connectivity index (χ4v) is 3.05. The molecule has 1 aliphatic carbocycles. The lowest BCUT2D eigenvalue weighted by Gasteiger charge is -2.22. The quantitative estimate of drug-likeness (QED) is 0.760. The Balaban J connectivity index is 2.06. The molecular weight excluding hydrogens is 220 g/mol. The van der Waals surface area contributed by atoms with Gasteiger partial charge in [-0.3, -0.25) is 0 Å². The van der Waals surface area contributed by atoms with Crippen LogP contribution in [0, 0.1) is 17.2 Å². The van der Waals surface area contributed by atoms with E-state index in [-0.39, 0.29) is 0 Å². The van der Waals surface area contributed by atoms with Gasteiger partial charge in [-0.2, -0.15) is 5.26 Å². The van der Waals surface area contributed by atoms with Gasteiger partial charge in [-0.25, -0.2) is 0 Å². The number of nitriles is 1. The van der Waals surface area contributed by atoms with Gasteiger partial charge in [0.1, 0.15) is 11.8 Å². The second-order valence-electron chi connectivity index (χ2n) is 5.54. The molecule has 2 heteroatoms. The molecule has 0 spiro atoms. The molecule has 0 unspecified atom stereocenters. The highest BCUT2D eigenvalue weighted by Crippen LogP contribution is 2.27. The Morgan fingerprint density at radius 2 is 2.06 bits per heavy atom. The van der Waals surface area contributed by atoms with Crippen molar-refractivity contribution in [3.8, 4) is 6.07 Å². The molecule has 2 nitrogen and oxygen atoms in total. The average molecular weight is 244 g/mol. The lowest BCUT2D eigenvalue weighted by atomic mass is 9.86. The van der Waals surface area contributed by atoms with E-state index in [1.54, 1.807) is 0 Å². The number of rotatable bonds is 5. The summed E-state index contributed by atoms with van der Waals surface area (Å²) in [6.45, 7) is 3.21. The van der Waals surface area contributed by atoms with Gasteiger partial charge in [-0.05, 0) is 30.9 Å². The summed E-state index contributed by atoms with van der Waals surface area (Å²) < 4.78 is 2.25. The maximum Gasteiger partial charge on any atom is 0.120 e. The Hall–Kier alpha value is -1.23. The van der Waals surface area contributed by atoms with E-state index in [9.17, 15) is 0 Å². The summed E-state index contributed by atoms with van der Waals surface area (Å²) in [5, 5.41) is 9.17. The third-order valence-electron chi connectivity index (χ3n) is 4.14. The molecule has 1 aromatic rings. The largest absolute Gasteiger partial charge is 0.337 e. The van der Waals surface area contributed by atoms with Gasteiger partial charge >= 0.3 is 0 Å². The SMILES string of the molecule is CCCCn1c(C#N)ccc1CC1CCCCC1. The van der Waals surface area contributed by atoms with E-state index < -0.39 is 0 Å². The number of nitrogens with zero attached hydrogens (tertiary/aromatic N) is 2. The molecule has 0 amide bonds. The summed E-state index contributed by atoms with van der Waals surface area (Å²) in [5.74, 6) is 0.848. The van der Waals surface area contributed by atoms with Crippen LogP contribution < -0.4 is 0 Å². The lowest BCUT2D eigenvalue weighted by Crippen LogP contribution is -2.13. The van der Waals surface area contributed by atoms with Gasteiger partial charge in [-0.15, -0.1) is 0 Å². The van der Waals surface area contributed by atoms with Crippen LogP contribution in [0.2, 0.25) is 0 Å². The van der Waals surface area contributed by atoms with Gasteiger partial charge in [0.2, 0.25) is 0 Å². The van der Waals surface area contributed by atoms with Crippen LogP contribution in [0.4, 0.5) is 0 Å². The zero-order chi connectivity index (χ0) is 12.8. The summed E-state index contributed by atoms with van der Waals surface area (Å²) in [6, 6.07) is 6.49. The van der Waals surface area contributed by atoms with Crippen LogP contribution in [0.15, 0.2) is 12.1 Å². The number of aromatic nitrogens is 1. The first kappa shape index (κ1) is 13.2. The Morgan fingerprint density at radius 3 is 2.72 bits per heavy atom. The van der Waals surface area contributed by atoms with Gasteiger partial charge in [0.25, 0.3) is 0 Å². The molecule has 18 heavy (non-hydrogen) atoms. The molecule has 0 radical (unpaired) electrons. The van der Waals surface area contributed by atoms with Crippen molar-refractivity contribution in [3.63, 3.8) is 0 Å². The second-order valence-corrected chi connectivity index (χ2v) is 5.54. The van der Waals surface area contributed by atoms with Crippen molar-refractivity contribution in [1.82, 2.24) is 4.57 Å². The fraction of sp³-hybridized carbons (Fsp3) is 0.688. The van der Waals surface area contributed by atoms with Gasteiger partial charge in [0.05, 0.1) is 0 Å². The van der Waals surface area contributed by atoms with Crippen LogP contribution in [0.1, 0.15) is 63.3 Å². The van der Waals surface area contributed by atoms with E-state index in [0.717, 1.165) is 18.2 Å². The first-order chi connectivity index (χ1) is 8.85. The highest BCUT2D eigenvalue weighted by Gasteiger charge is 2.16. The van der Waals surface area contributed by atoms with Crippen molar-refractivity contribution in [2.45, 2.75) is 64.8 Å². The van der Waals surface area contributed by atoms with Crippen LogP contribution in [0.25, 0.3) is 0 Å². The molecule has 0 bridgehead atoms. The molecule has 0 aliphatic heterocycles. The van der Waals surface area contributed by atoms with Crippen LogP contribution in [0.5, 0.6) is 0 Å². The van der Waals surface area contributed by atoms with Crippen molar-refractivity contribution in [3.05, 3.63) is 23.5 Å². The normalized spacial score (nSPS) is 16.7. The van der Waals surface area contributed by atoms with Crippen LogP contribution in [0.3, 0.4) is 0 Å². The first-order valence-electron chi connectivity index (χ1n) is 7.43. The van der Waals surface area contributed by atoms with E-state index in [4.69, 9.17) is 5.26 Å². The molecule has 1 saturated carbocycles. The zero-order valence-electron chi connectivity index (χ0n) is 11.5. The number of unbranched alkanes of at least 4 members (excludes halogenated alkanes) is 1. The molecule has 0 atom stereocenters. The van der Waals surface area contributed by atoms with E-state index in [1.165, 1.54) is 57.1 Å². The molecule has 1 aliphatic rings. The lowest BCUT2D eigenvalue weighted by molar-refractivity contribution is 0.350. The zero-order valence-corrected chi connectivity index (χ0v) is 11.5. The fourth-order valence-electron chi connectivity index (χ4n) is 3.05. The van der Waals surface area contributed by atoms with Crippen LogP contribution in [-0.2, 0) is 13.0 Å². The molecule has 1 fully saturated rings. The minimum atomic E-state index is 0.842. The van der Waals surface area contributed by atoms with Crippen LogP contribution in [-0.4, -0.2) is 4.57 Å². The summed E-state index contributed by atoms with van der Waals surface area (Å²) in [4.78, 5) is 0. The molecule has 2 rings (SSSR count). The molecular formula is C16H24N2. The summed E-state index contributed by atoms with van der Waals surface area (Å²) in [7, 11) is 0. The standard InChI is InChI=1S/C16H24N2/c1-2-3-11-18-15(9-10-16(18)13-17)12-14-7-5-4-6-8-14/h9-10,14H,2-8,11-12H2,1H3. The minimum absolute atomic E-state index is 0.842. The molecule has 0 N–H and O–H groups in total. The predicted octanol–water partition coefficient (Wildman–Crippen LogP) is 4.28. The van der Waals surface area contributed by atoms with Crippen molar-refractivity contribution in [2.75, 3.05) is 0 Å². The average Bonchev–Trinajstić information content (AvgIpc) is 2.79. The van der Waals surface area contributed by atoms with Gasteiger partial charge in [0, 0.05) is 12.2 Å². The summed E-state index contributed by atoms with van der Waals surface area (Å²) >= 11 is 0. The van der Waals surface area contributed by atoms with Crippen LogP contribution >= 0.6 is 0 Å². The Kier molecular flexibility index (Phi) is 4.87. The molecule has 0 aromatic carbocycles. The van der Waals surface area contributed by atoms with E-state index in [1.807, 2.05) is 6.07 Å². The molecule has 0 saturated heterocycles. The maximum atomic E-state index is 9.17. The van der Waals surface area contributed by atoms with Crippen molar-refractivity contribution >= 4 is 0 Å².